The van der Waals surface area contributed by atoms with Crippen LogP contribution in [0.25, 0.3) is 0 Å². The Morgan fingerprint density at radius 3 is 2.65 bits per heavy atom. The molecule has 1 aliphatic carbocycles. The number of aryl methyl sites for hydroxylation is 3. The number of furan rings is 1. The summed E-state index contributed by atoms with van der Waals surface area (Å²) in [6.45, 7) is 1.40. The molecule has 31 heavy (non-hydrogen) atoms. The molecule has 4 rings (SSSR count). The number of nitrogens with one attached hydrogen (secondary N) is 2. The Labute approximate surface area is 179 Å². The standard InChI is InChI=1S/C24H22N2O5/c1-15-7-8-18(13-20(15)26-23(28)21-6-3-11-30-21)24(29)31-14-22(27)25-19-10-9-16-4-2-5-17(16)12-19/h3,6-13H,2,4-5,14H2,1H3,(H,25,27)(H,26,28). The lowest BCUT2D eigenvalue weighted by molar-refractivity contribution is -0.119. The molecule has 0 bridgehead atoms. The van der Waals surface area contributed by atoms with Crippen molar-refractivity contribution in [1.82, 2.24) is 0 Å². The van der Waals surface area contributed by atoms with Gasteiger partial charge in [-0.15, -0.1) is 0 Å². The van der Waals surface area contributed by atoms with Gasteiger partial charge in [-0.2, -0.15) is 0 Å². The van der Waals surface area contributed by atoms with E-state index in [1.54, 1.807) is 31.2 Å². The van der Waals surface area contributed by atoms with E-state index < -0.39 is 24.4 Å². The van der Waals surface area contributed by atoms with Crippen molar-refractivity contribution in [3.05, 3.63) is 82.8 Å². The van der Waals surface area contributed by atoms with Crippen molar-refractivity contribution in [3.8, 4) is 0 Å². The molecule has 158 valence electrons. The molecule has 1 aromatic heterocycles. The van der Waals surface area contributed by atoms with Gasteiger partial charge in [0, 0.05) is 11.4 Å². The minimum Gasteiger partial charge on any atom is -0.459 e. The largest absolute Gasteiger partial charge is 0.459 e. The Hall–Kier alpha value is -3.87. The van der Waals surface area contributed by atoms with E-state index in [1.165, 1.54) is 23.5 Å². The van der Waals surface area contributed by atoms with E-state index in [0.717, 1.165) is 24.8 Å². The summed E-state index contributed by atoms with van der Waals surface area (Å²) in [5.41, 5.74) is 4.72. The molecule has 0 radical (unpaired) electrons. The second kappa shape index (κ2) is 8.87. The first kappa shape index (κ1) is 20.4. The van der Waals surface area contributed by atoms with Gasteiger partial charge >= 0.3 is 5.97 Å². The summed E-state index contributed by atoms with van der Waals surface area (Å²) in [5.74, 6) is -1.33. The van der Waals surface area contributed by atoms with Gasteiger partial charge in [0.05, 0.1) is 11.8 Å². The third-order valence-electron chi connectivity index (χ3n) is 5.18. The summed E-state index contributed by atoms with van der Waals surface area (Å²) in [7, 11) is 0. The molecular formula is C24H22N2O5. The Bertz CT molecular complexity index is 1130. The third-order valence-corrected chi connectivity index (χ3v) is 5.18. The van der Waals surface area contributed by atoms with E-state index in [-0.39, 0.29) is 11.3 Å². The number of amides is 2. The lowest BCUT2D eigenvalue weighted by atomic mass is 10.1. The van der Waals surface area contributed by atoms with Crippen molar-refractivity contribution in [2.75, 3.05) is 17.2 Å². The van der Waals surface area contributed by atoms with Crippen LogP contribution in [0.1, 0.15) is 44.0 Å². The molecule has 2 amide bonds. The molecule has 2 aromatic carbocycles. The molecule has 3 aromatic rings. The highest BCUT2D eigenvalue weighted by Crippen LogP contribution is 2.25. The molecule has 1 heterocycles. The van der Waals surface area contributed by atoms with Crippen LogP contribution in [-0.4, -0.2) is 24.4 Å². The Morgan fingerprint density at radius 1 is 1.00 bits per heavy atom. The summed E-state index contributed by atoms with van der Waals surface area (Å²) in [4.78, 5) is 36.8. The van der Waals surface area contributed by atoms with Gasteiger partial charge in [-0.3, -0.25) is 9.59 Å². The predicted octanol–water partition coefficient (Wildman–Crippen LogP) is 4.12. The quantitative estimate of drug-likeness (QED) is 0.587. The number of benzene rings is 2. The highest BCUT2D eigenvalue weighted by Gasteiger charge is 2.16. The maximum atomic E-state index is 12.4. The van der Waals surface area contributed by atoms with Crippen LogP contribution in [-0.2, 0) is 22.4 Å². The van der Waals surface area contributed by atoms with Crippen LogP contribution >= 0.6 is 0 Å². The molecule has 0 unspecified atom stereocenters. The van der Waals surface area contributed by atoms with Crippen LogP contribution in [0.15, 0.2) is 59.2 Å². The van der Waals surface area contributed by atoms with Crippen molar-refractivity contribution in [3.63, 3.8) is 0 Å². The zero-order valence-electron chi connectivity index (χ0n) is 17.1. The van der Waals surface area contributed by atoms with Crippen LogP contribution in [0.5, 0.6) is 0 Å². The highest BCUT2D eigenvalue weighted by molar-refractivity contribution is 6.03. The summed E-state index contributed by atoms with van der Waals surface area (Å²) < 4.78 is 10.2. The number of carbonyl (C=O) groups excluding carboxylic acids is 3. The fourth-order valence-electron chi connectivity index (χ4n) is 3.54. The van der Waals surface area contributed by atoms with Crippen LogP contribution in [0, 0.1) is 6.92 Å². The van der Waals surface area contributed by atoms with Gasteiger partial charge in [0.25, 0.3) is 11.8 Å². The van der Waals surface area contributed by atoms with E-state index in [1.807, 2.05) is 18.2 Å². The molecule has 0 atom stereocenters. The molecule has 0 saturated heterocycles. The number of esters is 1. The van der Waals surface area contributed by atoms with E-state index in [9.17, 15) is 14.4 Å². The van der Waals surface area contributed by atoms with E-state index in [2.05, 4.69) is 10.6 Å². The normalized spacial score (nSPS) is 12.2. The second-order valence-electron chi connectivity index (χ2n) is 7.42. The number of hydrogen-bond acceptors (Lipinski definition) is 5. The smallest absolute Gasteiger partial charge is 0.338 e. The second-order valence-corrected chi connectivity index (χ2v) is 7.42. The molecule has 0 aliphatic heterocycles. The minimum absolute atomic E-state index is 0.163. The monoisotopic (exact) mass is 418 g/mol. The van der Waals surface area contributed by atoms with Gasteiger partial charge in [0.15, 0.2) is 12.4 Å². The number of carbonyl (C=O) groups is 3. The van der Waals surface area contributed by atoms with Crippen LogP contribution in [0.3, 0.4) is 0 Å². The summed E-state index contributed by atoms with van der Waals surface area (Å²) in [6.07, 6.45) is 4.62. The van der Waals surface area contributed by atoms with Gasteiger partial charge in [-0.05, 0) is 79.3 Å². The lowest BCUT2D eigenvalue weighted by Gasteiger charge is -2.11. The molecule has 7 heteroatoms. The average Bonchev–Trinajstić information content (AvgIpc) is 3.45. The first-order chi connectivity index (χ1) is 15.0. The van der Waals surface area contributed by atoms with Gasteiger partial charge in [0.1, 0.15) is 0 Å². The topological polar surface area (TPSA) is 97.6 Å². The zero-order valence-corrected chi connectivity index (χ0v) is 17.1. The van der Waals surface area contributed by atoms with E-state index in [0.29, 0.717) is 11.4 Å². The van der Waals surface area contributed by atoms with Gasteiger partial charge in [-0.1, -0.05) is 12.1 Å². The van der Waals surface area contributed by atoms with Crippen molar-refractivity contribution in [1.29, 1.82) is 0 Å². The maximum Gasteiger partial charge on any atom is 0.338 e. The van der Waals surface area contributed by atoms with E-state index in [4.69, 9.17) is 9.15 Å². The number of ether oxygens (including phenoxy) is 1. The summed E-state index contributed by atoms with van der Waals surface area (Å²) in [6, 6.07) is 13.8. The third kappa shape index (κ3) is 4.83. The SMILES string of the molecule is Cc1ccc(C(=O)OCC(=O)Nc2ccc3c(c2)CCC3)cc1NC(=O)c1ccco1. The van der Waals surface area contributed by atoms with Crippen molar-refractivity contribution in [2.45, 2.75) is 26.2 Å². The van der Waals surface area contributed by atoms with E-state index >= 15 is 0 Å². The highest BCUT2D eigenvalue weighted by atomic mass is 16.5. The Balaban J connectivity index is 1.35. The average molecular weight is 418 g/mol. The Kier molecular flexibility index (Phi) is 5.84. The molecule has 0 spiro atoms. The fourth-order valence-corrected chi connectivity index (χ4v) is 3.54. The van der Waals surface area contributed by atoms with Gasteiger partial charge < -0.3 is 19.8 Å². The number of anilines is 2. The molecule has 1 aliphatic rings. The molecular weight excluding hydrogens is 396 g/mol. The van der Waals surface area contributed by atoms with Crippen LogP contribution in [0.2, 0.25) is 0 Å². The molecule has 0 fully saturated rings. The van der Waals surface area contributed by atoms with Crippen molar-refractivity contribution in [2.24, 2.45) is 0 Å². The van der Waals surface area contributed by atoms with Crippen molar-refractivity contribution < 1.29 is 23.5 Å². The summed E-state index contributed by atoms with van der Waals surface area (Å²) >= 11 is 0. The maximum absolute atomic E-state index is 12.4. The van der Waals surface area contributed by atoms with Crippen molar-refractivity contribution >= 4 is 29.2 Å². The Morgan fingerprint density at radius 2 is 1.84 bits per heavy atom. The fraction of sp³-hybridized carbons (Fsp3) is 0.208. The lowest BCUT2D eigenvalue weighted by Crippen LogP contribution is -2.21. The number of hydrogen-bond donors (Lipinski definition) is 2. The molecule has 7 nitrogen and oxygen atoms in total. The zero-order chi connectivity index (χ0) is 21.8. The van der Waals surface area contributed by atoms with Crippen LogP contribution < -0.4 is 10.6 Å². The number of fused-ring (bicyclic) bond motifs is 1. The van der Waals surface area contributed by atoms with Gasteiger partial charge in [-0.25, -0.2) is 4.79 Å². The minimum atomic E-state index is -0.655. The molecule has 0 saturated carbocycles. The first-order valence-electron chi connectivity index (χ1n) is 10.0. The predicted molar refractivity (Wildman–Crippen MR) is 115 cm³/mol. The molecule has 2 N–H and O–H groups in total. The summed E-state index contributed by atoms with van der Waals surface area (Å²) in [5, 5.41) is 5.46. The number of rotatable bonds is 6. The first-order valence-corrected chi connectivity index (χ1v) is 10.0. The van der Waals surface area contributed by atoms with Crippen LogP contribution in [0.4, 0.5) is 11.4 Å². The van der Waals surface area contributed by atoms with Gasteiger partial charge in [0.2, 0.25) is 0 Å².